The smallest absolute Gasteiger partial charge is 0.333 e. The number of ketones is 3. The van der Waals surface area contributed by atoms with E-state index in [1.165, 1.54) is 26.4 Å². The van der Waals surface area contributed by atoms with Gasteiger partial charge < -0.3 is 19.3 Å². The molecule has 2 aromatic carbocycles. The lowest BCUT2D eigenvalue weighted by Crippen LogP contribution is -2.28. The highest BCUT2D eigenvalue weighted by Crippen LogP contribution is 2.35. The molecule has 8 heteroatoms. The van der Waals surface area contributed by atoms with Crippen molar-refractivity contribution in [1.29, 1.82) is 0 Å². The zero-order chi connectivity index (χ0) is 24.1. The van der Waals surface area contributed by atoms with Crippen LogP contribution in [0.5, 0.6) is 11.5 Å². The third-order valence-electron chi connectivity index (χ3n) is 5.19. The van der Waals surface area contributed by atoms with Crippen molar-refractivity contribution in [3.05, 3.63) is 82.1 Å². The number of methoxy groups -OCH3 is 3. The third-order valence-corrected chi connectivity index (χ3v) is 5.19. The van der Waals surface area contributed by atoms with Gasteiger partial charge in [-0.15, -0.1) is 0 Å². The van der Waals surface area contributed by atoms with Crippen molar-refractivity contribution in [2.45, 2.75) is 12.8 Å². The van der Waals surface area contributed by atoms with Gasteiger partial charge in [-0.2, -0.15) is 0 Å². The number of fused-ring (bicyclic) bond motifs is 1. The third kappa shape index (κ3) is 4.69. The largest absolute Gasteiger partial charge is 0.512 e. The van der Waals surface area contributed by atoms with Gasteiger partial charge in [-0.05, 0) is 12.1 Å². The van der Waals surface area contributed by atoms with Crippen LogP contribution in [0.2, 0.25) is 0 Å². The van der Waals surface area contributed by atoms with Gasteiger partial charge in [0.15, 0.2) is 11.6 Å². The fourth-order valence-electron chi connectivity index (χ4n) is 3.66. The van der Waals surface area contributed by atoms with E-state index in [-0.39, 0.29) is 34.4 Å². The summed E-state index contributed by atoms with van der Waals surface area (Å²) in [6.07, 6.45) is 0.0747. The predicted molar refractivity (Wildman–Crippen MR) is 118 cm³/mol. The summed E-state index contributed by atoms with van der Waals surface area (Å²) in [6, 6.07) is 11.3. The molecule has 8 nitrogen and oxygen atoms in total. The number of Topliss-reactive ketones (excluding diaryl/α,β-unsaturated/α-hetero) is 3. The highest BCUT2D eigenvalue weighted by Gasteiger charge is 2.38. The predicted octanol–water partition coefficient (Wildman–Crippen LogP) is 3.20. The van der Waals surface area contributed by atoms with E-state index < -0.39 is 35.5 Å². The molecule has 0 unspecified atom stereocenters. The van der Waals surface area contributed by atoms with Gasteiger partial charge in [0.1, 0.15) is 17.3 Å². The van der Waals surface area contributed by atoms with E-state index in [1.54, 1.807) is 30.3 Å². The summed E-state index contributed by atoms with van der Waals surface area (Å²) >= 11 is 0. The first-order valence-corrected chi connectivity index (χ1v) is 9.94. The molecule has 170 valence electrons. The lowest BCUT2D eigenvalue weighted by molar-refractivity contribution is -0.135. The second-order valence-corrected chi connectivity index (χ2v) is 7.14. The standard InChI is InChI=1S/C25H22O8/c1-31-19-9-5-4-7-14(19)11-18(27)22-17(12-15(26)13-21(28)33-3)24(29)16-8-6-10-20(32-2)23(16)25(22)30/h4-10,13,26H,11-12H2,1-3H3/b15-13-. The van der Waals surface area contributed by atoms with Crippen LogP contribution in [0.3, 0.4) is 0 Å². The Balaban J connectivity index is 2.14. The number of benzene rings is 2. The second kappa shape index (κ2) is 9.95. The fourth-order valence-corrected chi connectivity index (χ4v) is 3.66. The van der Waals surface area contributed by atoms with E-state index in [0.29, 0.717) is 11.3 Å². The highest BCUT2D eigenvalue weighted by atomic mass is 16.5. The van der Waals surface area contributed by atoms with Gasteiger partial charge in [0.05, 0.1) is 38.5 Å². The van der Waals surface area contributed by atoms with E-state index in [1.807, 2.05) is 0 Å². The first kappa shape index (κ1) is 23.5. The topological polar surface area (TPSA) is 116 Å². The van der Waals surface area contributed by atoms with Gasteiger partial charge in [0.25, 0.3) is 0 Å². The lowest BCUT2D eigenvalue weighted by atomic mass is 9.79. The number of hydrogen-bond acceptors (Lipinski definition) is 8. The zero-order valence-corrected chi connectivity index (χ0v) is 18.3. The minimum absolute atomic E-state index is 0.0198. The first-order chi connectivity index (χ1) is 15.8. The Morgan fingerprint density at radius 1 is 0.879 bits per heavy atom. The number of hydrogen-bond donors (Lipinski definition) is 1. The van der Waals surface area contributed by atoms with E-state index in [4.69, 9.17) is 9.47 Å². The molecule has 1 N–H and O–H groups in total. The number of para-hydroxylation sites is 1. The molecule has 0 fully saturated rings. The minimum atomic E-state index is -0.841. The Labute approximate surface area is 190 Å². The van der Waals surface area contributed by atoms with Crippen LogP contribution in [0.25, 0.3) is 0 Å². The number of aliphatic hydroxyl groups excluding tert-OH is 1. The van der Waals surface area contributed by atoms with Crippen molar-refractivity contribution in [2.75, 3.05) is 21.3 Å². The van der Waals surface area contributed by atoms with Crippen molar-refractivity contribution in [3.8, 4) is 11.5 Å². The van der Waals surface area contributed by atoms with Gasteiger partial charge in [-0.1, -0.05) is 30.3 Å². The molecule has 0 amide bonds. The summed E-state index contributed by atoms with van der Waals surface area (Å²) in [5, 5.41) is 10.2. The molecule has 33 heavy (non-hydrogen) atoms. The molecule has 0 aliphatic heterocycles. The summed E-state index contributed by atoms with van der Waals surface area (Å²) in [5.41, 5.74) is -0.0223. The van der Waals surface area contributed by atoms with Crippen molar-refractivity contribution in [2.24, 2.45) is 0 Å². The van der Waals surface area contributed by atoms with E-state index in [0.717, 1.165) is 13.2 Å². The van der Waals surface area contributed by atoms with Crippen LogP contribution >= 0.6 is 0 Å². The van der Waals surface area contributed by atoms with Gasteiger partial charge in [-0.25, -0.2) is 4.79 Å². The Morgan fingerprint density at radius 2 is 1.55 bits per heavy atom. The zero-order valence-electron chi connectivity index (χ0n) is 18.3. The van der Waals surface area contributed by atoms with Crippen molar-refractivity contribution >= 4 is 23.3 Å². The molecule has 0 spiro atoms. The summed E-state index contributed by atoms with van der Waals surface area (Å²) in [7, 11) is 3.94. The number of carbonyl (C=O) groups excluding carboxylic acids is 4. The van der Waals surface area contributed by atoms with Gasteiger partial charge >= 0.3 is 5.97 Å². The van der Waals surface area contributed by atoms with Gasteiger partial charge in [0, 0.05) is 29.5 Å². The Hall–Kier alpha value is -4.20. The van der Waals surface area contributed by atoms with Crippen LogP contribution in [-0.2, 0) is 20.7 Å². The van der Waals surface area contributed by atoms with Crippen LogP contribution in [0, 0.1) is 0 Å². The normalized spacial score (nSPS) is 13.5. The number of rotatable bonds is 8. The van der Waals surface area contributed by atoms with Crippen LogP contribution < -0.4 is 9.47 Å². The van der Waals surface area contributed by atoms with Gasteiger partial charge in [-0.3, -0.25) is 14.4 Å². The quantitative estimate of drug-likeness (QED) is 0.282. The number of ether oxygens (including phenoxy) is 3. The molecule has 0 bridgehead atoms. The number of carbonyl (C=O) groups is 4. The van der Waals surface area contributed by atoms with Crippen molar-refractivity contribution in [1.82, 2.24) is 0 Å². The molecule has 1 aliphatic rings. The number of esters is 1. The van der Waals surface area contributed by atoms with Crippen molar-refractivity contribution < 1.29 is 38.5 Å². The maximum atomic E-state index is 13.5. The van der Waals surface area contributed by atoms with Crippen molar-refractivity contribution in [3.63, 3.8) is 0 Å². The molecule has 2 aromatic rings. The van der Waals surface area contributed by atoms with E-state index >= 15 is 0 Å². The molecular formula is C25H22O8. The molecule has 0 saturated carbocycles. The Bertz CT molecular complexity index is 1200. The molecule has 0 aromatic heterocycles. The van der Waals surface area contributed by atoms with Crippen LogP contribution in [0.15, 0.2) is 65.4 Å². The number of allylic oxidation sites excluding steroid dienone is 2. The highest BCUT2D eigenvalue weighted by molar-refractivity contribution is 6.37. The average molecular weight is 450 g/mol. The minimum Gasteiger partial charge on any atom is -0.512 e. The lowest BCUT2D eigenvalue weighted by Gasteiger charge is -2.22. The van der Waals surface area contributed by atoms with E-state index in [2.05, 4.69) is 4.74 Å². The average Bonchev–Trinajstić information content (AvgIpc) is 2.81. The molecule has 0 heterocycles. The molecule has 0 saturated heterocycles. The molecule has 3 rings (SSSR count). The number of aliphatic hydroxyl groups is 1. The molecule has 0 atom stereocenters. The van der Waals surface area contributed by atoms with Crippen LogP contribution in [0.1, 0.15) is 32.7 Å². The van der Waals surface area contributed by atoms with E-state index in [9.17, 15) is 24.3 Å². The monoisotopic (exact) mass is 450 g/mol. The summed E-state index contributed by atoms with van der Waals surface area (Å²) in [6.45, 7) is 0. The molecule has 0 radical (unpaired) electrons. The first-order valence-electron chi connectivity index (χ1n) is 9.94. The van der Waals surface area contributed by atoms with Crippen LogP contribution in [0.4, 0.5) is 0 Å². The maximum Gasteiger partial charge on any atom is 0.333 e. The summed E-state index contributed by atoms with van der Waals surface area (Å²) in [4.78, 5) is 51.6. The summed E-state index contributed by atoms with van der Waals surface area (Å²) in [5.74, 6) is -2.69. The van der Waals surface area contributed by atoms with Crippen LogP contribution in [-0.4, -0.2) is 49.8 Å². The maximum absolute atomic E-state index is 13.5. The second-order valence-electron chi connectivity index (χ2n) is 7.14. The fraction of sp³-hybridized carbons (Fsp3) is 0.200. The van der Waals surface area contributed by atoms with Gasteiger partial charge in [0.2, 0.25) is 5.78 Å². The molecular weight excluding hydrogens is 428 g/mol. The Morgan fingerprint density at radius 3 is 2.21 bits per heavy atom. The summed E-state index contributed by atoms with van der Waals surface area (Å²) < 4.78 is 15.0. The molecule has 1 aliphatic carbocycles. The Kier molecular flexibility index (Phi) is 7.07. The SMILES string of the molecule is COC(=O)/C=C(\O)CC1=C(C(=O)Cc2ccccc2OC)C(=O)c2c(OC)cccc2C1=O.